The van der Waals surface area contributed by atoms with Gasteiger partial charge in [0.1, 0.15) is 0 Å². The Kier molecular flexibility index (Phi) is 3.71. The molecule has 1 saturated heterocycles. The van der Waals surface area contributed by atoms with Crippen LogP contribution in [-0.2, 0) is 27.1 Å². The minimum Gasteiger partial charge on any atom is -0.463 e. The number of nitrogens with zero attached hydrogens (tertiary/aromatic N) is 1. The average molecular weight is 325 g/mol. The van der Waals surface area contributed by atoms with Crippen LogP contribution in [0.25, 0.3) is 10.9 Å². The quantitative estimate of drug-likeness (QED) is 0.794. The number of ether oxygens (including phenoxy) is 2. The fourth-order valence-corrected chi connectivity index (χ4v) is 3.57. The van der Waals surface area contributed by atoms with Gasteiger partial charge in [-0.3, -0.25) is 4.98 Å². The molecule has 0 N–H and O–H groups in total. The molecule has 0 spiro atoms. The molecular formula is C19H19NO4. The molecule has 0 amide bonds. The summed E-state index contributed by atoms with van der Waals surface area (Å²) >= 11 is 0. The van der Waals surface area contributed by atoms with Gasteiger partial charge in [-0.05, 0) is 36.8 Å². The molecule has 124 valence electrons. The summed E-state index contributed by atoms with van der Waals surface area (Å²) in [6, 6.07) is 7.61. The van der Waals surface area contributed by atoms with Crippen molar-refractivity contribution in [2.45, 2.75) is 38.7 Å². The highest BCUT2D eigenvalue weighted by atomic mass is 16.6. The van der Waals surface area contributed by atoms with Crippen LogP contribution < -0.4 is 0 Å². The number of hydrogen-bond acceptors (Lipinski definition) is 5. The topological polar surface area (TPSA) is 65.5 Å². The van der Waals surface area contributed by atoms with Crippen LogP contribution in [0, 0.1) is 5.92 Å². The number of pyridine rings is 1. The Morgan fingerprint density at radius 3 is 2.92 bits per heavy atom. The molecule has 0 bridgehead atoms. The third-order valence-electron chi connectivity index (χ3n) is 4.85. The first-order valence-corrected chi connectivity index (χ1v) is 8.41. The van der Waals surface area contributed by atoms with E-state index in [0.29, 0.717) is 24.5 Å². The Morgan fingerprint density at radius 1 is 1.29 bits per heavy atom. The van der Waals surface area contributed by atoms with E-state index in [1.54, 1.807) is 0 Å². The van der Waals surface area contributed by atoms with Gasteiger partial charge in [0.15, 0.2) is 0 Å². The lowest BCUT2D eigenvalue weighted by molar-refractivity contribution is -0.145. The Balaban J connectivity index is 1.81. The second kappa shape index (κ2) is 5.89. The molecule has 5 heteroatoms. The number of carbonyl (C=O) groups is 2. The molecule has 2 aromatic rings. The molecule has 2 heterocycles. The van der Waals surface area contributed by atoms with Crippen molar-refractivity contribution < 1.29 is 19.1 Å². The van der Waals surface area contributed by atoms with Crippen LogP contribution in [0.3, 0.4) is 0 Å². The van der Waals surface area contributed by atoms with Gasteiger partial charge in [0.05, 0.1) is 17.7 Å². The van der Waals surface area contributed by atoms with Crippen molar-refractivity contribution in [3.05, 3.63) is 41.1 Å². The summed E-state index contributed by atoms with van der Waals surface area (Å²) in [4.78, 5) is 29.3. The van der Waals surface area contributed by atoms with E-state index < -0.39 is 18.0 Å². The molecule has 0 saturated carbocycles. The zero-order chi connectivity index (χ0) is 16.7. The third-order valence-corrected chi connectivity index (χ3v) is 4.85. The van der Waals surface area contributed by atoms with E-state index in [9.17, 15) is 9.59 Å². The summed E-state index contributed by atoms with van der Waals surface area (Å²) in [6.45, 7) is 2.49. The first kappa shape index (κ1) is 15.1. The minimum atomic E-state index is -0.791. The Bertz CT molecular complexity index is 829. The molecule has 24 heavy (non-hydrogen) atoms. The lowest BCUT2D eigenvalue weighted by Gasteiger charge is -2.24. The normalized spacial score (nSPS) is 23.0. The van der Waals surface area contributed by atoms with Crippen LogP contribution in [0.2, 0.25) is 0 Å². The highest BCUT2D eigenvalue weighted by Gasteiger charge is 2.33. The molecule has 1 aromatic carbocycles. The number of fused-ring (bicyclic) bond motifs is 2. The molecule has 0 radical (unpaired) electrons. The standard InChI is InChI=1S/C19H19NO4/c1-11-6-7-15-13(10-11)17(12-4-2-3-5-14(12)20-15)19(22)24-16-8-9-23-18(16)21/h2-5,11,16H,6-10H2,1H3/t11-,16-/m1/s1. The van der Waals surface area contributed by atoms with E-state index in [4.69, 9.17) is 14.5 Å². The van der Waals surface area contributed by atoms with E-state index >= 15 is 0 Å². The summed E-state index contributed by atoms with van der Waals surface area (Å²) in [5, 5.41) is 0.793. The molecule has 1 aliphatic heterocycles. The molecule has 4 rings (SSSR count). The van der Waals surface area contributed by atoms with Crippen LogP contribution >= 0.6 is 0 Å². The summed E-state index contributed by atoms with van der Waals surface area (Å²) in [5.74, 6) is -0.393. The predicted molar refractivity (Wildman–Crippen MR) is 87.7 cm³/mol. The van der Waals surface area contributed by atoms with Gasteiger partial charge >= 0.3 is 11.9 Å². The number of esters is 2. The van der Waals surface area contributed by atoms with Gasteiger partial charge in [-0.25, -0.2) is 9.59 Å². The lowest BCUT2D eigenvalue weighted by atomic mass is 9.84. The molecule has 1 aliphatic carbocycles. The SMILES string of the molecule is C[C@@H]1CCc2nc3ccccc3c(C(=O)O[C@@H]3CCOC3=O)c2C1. The molecular weight excluding hydrogens is 306 g/mol. The van der Waals surface area contributed by atoms with Gasteiger partial charge in [-0.2, -0.15) is 0 Å². The average Bonchev–Trinajstić information content (AvgIpc) is 2.97. The van der Waals surface area contributed by atoms with Gasteiger partial charge in [-0.15, -0.1) is 0 Å². The Hall–Kier alpha value is -2.43. The van der Waals surface area contributed by atoms with E-state index in [-0.39, 0.29) is 0 Å². The number of benzene rings is 1. The van der Waals surface area contributed by atoms with Crippen molar-refractivity contribution in [2.24, 2.45) is 5.92 Å². The van der Waals surface area contributed by atoms with Crippen LogP contribution in [0.4, 0.5) is 0 Å². The Labute approximate surface area is 140 Å². The van der Waals surface area contributed by atoms with Gasteiger partial charge in [-0.1, -0.05) is 25.1 Å². The van der Waals surface area contributed by atoms with Crippen molar-refractivity contribution in [1.29, 1.82) is 0 Å². The van der Waals surface area contributed by atoms with Crippen molar-refractivity contribution >= 4 is 22.8 Å². The van der Waals surface area contributed by atoms with Crippen LogP contribution in [0.5, 0.6) is 0 Å². The fourth-order valence-electron chi connectivity index (χ4n) is 3.57. The van der Waals surface area contributed by atoms with E-state index in [2.05, 4.69) is 6.92 Å². The Morgan fingerprint density at radius 2 is 2.12 bits per heavy atom. The maximum absolute atomic E-state index is 12.9. The predicted octanol–water partition coefficient (Wildman–Crippen LogP) is 2.83. The lowest BCUT2D eigenvalue weighted by Crippen LogP contribution is -2.25. The van der Waals surface area contributed by atoms with E-state index in [0.717, 1.165) is 41.4 Å². The molecule has 0 unspecified atom stereocenters. The van der Waals surface area contributed by atoms with Crippen LogP contribution in [0.15, 0.2) is 24.3 Å². The van der Waals surface area contributed by atoms with Gasteiger partial charge in [0.2, 0.25) is 6.10 Å². The number of carbonyl (C=O) groups excluding carboxylic acids is 2. The van der Waals surface area contributed by atoms with Crippen molar-refractivity contribution in [3.8, 4) is 0 Å². The number of para-hydroxylation sites is 1. The summed E-state index contributed by atoms with van der Waals surface area (Å²) in [7, 11) is 0. The summed E-state index contributed by atoms with van der Waals surface area (Å²) in [5.41, 5.74) is 3.32. The number of rotatable bonds is 2. The fraction of sp³-hybridized carbons (Fsp3) is 0.421. The highest BCUT2D eigenvalue weighted by Crippen LogP contribution is 2.32. The smallest absolute Gasteiger partial charge is 0.347 e. The molecule has 2 atom stereocenters. The van der Waals surface area contributed by atoms with Crippen molar-refractivity contribution in [3.63, 3.8) is 0 Å². The van der Waals surface area contributed by atoms with E-state index in [1.165, 1.54) is 0 Å². The molecule has 5 nitrogen and oxygen atoms in total. The molecule has 2 aliphatic rings. The van der Waals surface area contributed by atoms with Crippen molar-refractivity contribution in [2.75, 3.05) is 6.61 Å². The third kappa shape index (κ3) is 2.54. The number of hydrogen-bond donors (Lipinski definition) is 0. The monoisotopic (exact) mass is 325 g/mol. The second-order valence-corrected chi connectivity index (χ2v) is 6.63. The number of aromatic nitrogens is 1. The first-order chi connectivity index (χ1) is 11.6. The molecule has 1 aromatic heterocycles. The van der Waals surface area contributed by atoms with Crippen molar-refractivity contribution in [1.82, 2.24) is 4.98 Å². The number of aryl methyl sites for hydroxylation is 1. The van der Waals surface area contributed by atoms with Crippen LogP contribution in [0.1, 0.15) is 41.4 Å². The second-order valence-electron chi connectivity index (χ2n) is 6.63. The summed E-state index contributed by atoms with van der Waals surface area (Å²) < 4.78 is 10.4. The summed E-state index contributed by atoms with van der Waals surface area (Å²) in [6.07, 6.45) is 2.38. The van der Waals surface area contributed by atoms with Gasteiger partial charge in [0, 0.05) is 17.5 Å². The first-order valence-electron chi connectivity index (χ1n) is 8.41. The maximum atomic E-state index is 12.9. The zero-order valence-electron chi connectivity index (χ0n) is 13.6. The highest BCUT2D eigenvalue weighted by molar-refractivity contribution is 6.05. The maximum Gasteiger partial charge on any atom is 0.347 e. The zero-order valence-corrected chi connectivity index (χ0v) is 13.6. The van der Waals surface area contributed by atoms with Gasteiger partial charge < -0.3 is 9.47 Å². The molecule has 1 fully saturated rings. The van der Waals surface area contributed by atoms with E-state index in [1.807, 2.05) is 24.3 Å². The van der Waals surface area contributed by atoms with Crippen LogP contribution in [-0.4, -0.2) is 29.6 Å². The largest absolute Gasteiger partial charge is 0.463 e. The minimum absolute atomic E-state index is 0.309. The van der Waals surface area contributed by atoms with Gasteiger partial charge in [0.25, 0.3) is 0 Å². The number of cyclic esters (lactones) is 1.